The molecule has 3 aromatic rings. The number of thioether (sulfide) groups is 1. The average molecular weight is 447 g/mol. The Hall–Kier alpha value is -2.92. The van der Waals surface area contributed by atoms with Crippen molar-refractivity contribution in [3.63, 3.8) is 0 Å². The second kappa shape index (κ2) is 9.72. The predicted octanol–water partition coefficient (Wildman–Crippen LogP) is 2.81. The molecule has 30 heavy (non-hydrogen) atoms. The molecule has 2 aromatic heterocycles. The number of aryl methyl sites for hydroxylation is 2. The number of nitrogens with zero attached hydrogens (tertiary/aromatic N) is 4. The normalized spacial score (nSPS) is 10.7. The van der Waals surface area contributed by atoms with Gasteiger partial charge in [-0.3, -0.25) is 9.59 Å². The van der Waals surface area contributed by atoms with E-state index in [0.717, 1.165) is 10.6 Å². The zero-order chi connectivity index (χ0) is 21.7. The number of nitrogens with one attached hydrogen (secondary N) is 2. The molecule has 0 aliphatic carbocycles. The molecule has 11 heteroatoms. The molecule has 0 radical (unpaired) electrons. The van der Waals surface area contributed by atoms with Crippen LogP contribution < -0.4 is 15.4 Å². The Labute approximate surface area is 182 Å². The Balaban J connectivity index is 1.51. The van der Waals surface area contributed by atoms with Gasteiger partial charge in [-0.15, -0.1) is 21.5 Å². The Kier molecular flexibility index (Phi) is 7.06. The van der Waals surface area contributed by atoms with Gasteiger partial charge in [-0.2, -0.15) is 0 Å². The van der Waals surface area contributed by atoms with Crippen molar-refractivity contribution in [2.24, 2.45) is 7.05 Å². The van der Waals surface area contributed by atoms with E-state index in [1.54, 1.807) is 43.0 Å². The van der Waals surface area contributed by atoms with Crippen molar-refractivity contribution >= 4 is 45.7 Å². The lowest BCUT2D eigenvalue weighted by atomic mass is 10.3. The lowest BCUT2D eigenvalue weighted by molar-refractivity contribution is -0.116. The van der Waals surface area contributed by atoms with Gasteiger partial charge in [-0.1, -0.05) is 11.8 Å². The minimum Gasteiger partial charge on any atom is -0.497 e. The Morgan fingerprint density at radius 2 is 1.87 bits per heavy atom. The molecule has 2 amide bonds. The lowest BCUT2D eigenvalue weighted by Crippen LogP contribution is -2.17. The third kappa shape index (κ3) is 5.57. The maximum Gasteiger partial charge on any atom is 0.236 e. The minimum atomic E-state index is -0.209. The van der Waals surface area contributed by atoms with Crippen LogP contribution in [0.4, 0.5) is 10.8 Å². The van der Waals surface area contributed by atoms with Crippen LogP contribution in [0.3, 0.4) is 0 Å². The highest BCUT2D eigenvalue weighted by Crippen LogP contribution is 2.22. The van der Waals surface area contributed by atoms with E-state index in [1.807, 2.05) is 13.8 Å². The molecule has 3 rings (SSSR count). The quantitative estimate of drug-likeness (QED) is 0.512. The third-order valence-electron chi connectivity index (χ3n) is 4.22. The molecule has 0 aliphatic rings. The van der Waals surface area contributed by atoms with Gasteiger partial charge in [0.1, 0.15) is 11.6 Å². The lowest BCUT2D eigenvalue weighted by Gasteiger charge is -2.07. The summed E-state index contributed by atoms with van der Waals surface area (Å²) in [4.78, 5) is 29.8. The molecule has 2 heterocycles. The first-order chi connectivity index (χ1) is 14.4. The van der Waals surface area contributed by atoms with E-state index in [4.69, 9.17) is 4.74 Å². The van der Waals surface area contributed by atoms with Gasteiger partial charge >= 0.3 is 0 Å². The summed E-state index contributed by atoms with van der Waals surface area (Å²) in [5.74, 6) is 1.01. The van der Waals surface area contributed by atoms with Gasteiger partial charge < -0.3 is 19.9 Å². The number of aromatic nitrogens is 4. The van der Waals surface area contributed by atoms with Crippen LogP contribution in [0.15, 0.2) is 29.4 Å². The number of hydrogen-bond acceptors (Lipinski definition) is 8. The molecule has 0 saturated heterocycles. The van der Waals surface area contributed by atoms with Crippen molar-refractivity contribution in [1.29, 1.82) is 0 Å². The van der Waals surface area contributed by atoms with Crippen molar-refractivity contribution in [3.05, 3.63) is 40.7 Å². The molecule has 158 valence electrons. The third-order valence-corrected chi connectivity index (χ3v) is 6.23. The van der Waals surface area contributed by atoms with Gasteiger partial charge in [-0.05, 0) is 38.1 Å². The Morgan fingerprint density at radius 3 is 2.50 bits per heavy atom. The summed E-state index contributed by atoms with van der Waals surface area (Å²) < 4.78 is 6.81. The van der Waals surface area contributed by atoms with Gasteiger partial charge in [0.05, 0.1) is 25.0 Å². The second-order valence-corrected chi connectivity index (χ2v) is 8.55. The van der Waals surface area contributed by atoms with Gasteiger partial charge in [0, 0.05) is 17.6 Å². The van der Waals surface area contributed by atoms with Crippen LogP contribution in [0.1, 0.15) is 16.4 Å². The van der Waals surface area contributed by atoms with Crippen LogP contribution in [0.2, 0.25) is 0 Å². The standard InChI is InChI=1S/C19H22N6O3S2/c1-11-12(2)30-18(20-11)22-17(27)10-29-19-24-23-15(25(19)3)9-16(26)21-13-5-7-14(28-4)8-6-13/h5-8H,9-10H2,1-4H3,(H,21,26)(H,20,22,27). The summed E-state index contributed by atoms with van der Waals surface area (Å²) in [5.41, 5.74) is 1.58. The zero-order valence-corrected chi connectivity index (χ0v) is 18.7. The number of rotatable bonds is 8. The molecule has 0 aliphatic heterocycles. The summed E-state index contributed by atoms with van der Waals surface area (Å²) in [6.45, 7) is 3.87. The highest BCUT2D eigenvalue weighted by Gasteiger charge is 2.15. The van der Waals surface area contributed by atoms with E-state index in [2.05, 4.69) is 25.8 Å². The molecule has 1 aromatic carbocycles. The number of carbonyl (C=O) groups excluding carboxylic acids is 2. The highest BCUT2D eigenvalue weighted by atomic mass is 32.2. The van der Waals surface area contributed by atoms with Gasteiger partial charge in [-0.25, -0.2) is 4.98 Å². The molecule has 0 atom stereocenters. The predicted molar refractivity (Wildman–Crippen MR) is 117 cm³/mol. The molecule has 0 spiro atoms. The number of methoxy groups -OCH3 is 1. The molecule has 0 saturated carbocycles. The van der Waals surface area contributed by atoms with Crippen LogP contribution in [0.5, 0.6) is 5.75 Å². The number of amides is 2. The van der Waals surface area contributed by atoms with Crippen LogP contribution in [0.25, 0.3) is 0 Å². The first-order valence-electron chi connectivity index (χ1n) is 9.04. The summed E-state index contributed by atoms with van der Waals surface area (Å²) in [5, 5.41) is 14.9. The van der Waals surface area contributed by atoms with Gasteiger partial charge in [0.2, 0.25) is 11.8 Å². The molecular weight excluding hydrogens is 424 g/mol. The maximum atomic E-state index is 12.3. The number of benzene rings is 1. The number of ether oxygens (including phenoxy) is 1. The van der Waals surface area contributed by atoms with Crippen LogP contribution in [0, 0.1) is 13.8 Å². The van der Waals surface area contributed by atoms with Crippen LogP contribution in [-0.2, 0) is 23.1 Å². The summed E-state index contributed by atoms with van der Waals surface area (Å²) in [6, 6.07) is 7.07. The summed E-state index contributed by atoms with van der Waals surface area (Å²) in [6.07, 6.45) is 0.0694. The minimum absolute atomic E-state index is 0.0694. The van der Waals surface area contributed by atoms with E-state index in [1.165, 1.54) is 23.1 Å². The zero-order valence-electron chi connectivity index (χ0n) is 17.1. The molecule has 9 nitrogen and oxygen atoms in total. The SMILES string of the molecule is COc1ccc(NC(=O)Cc2nnc(SCC(=O)Nc3nc(C)c(C)s3)n2C)cc1. The van der Waals surface area contributed by atoms with Crippen LogP contribution in [-0.4, -0.2) is 44.4 Å². The molecule has 0 unspecified atom stereocenters. The fourth-order valence-corrected chi connectivity index (χ4v) is 4.02. The van der Waals surface area contributed by atoms with E-state index in [-0.39, 0.29) is 24.0 Å². The van der Waals surface area contributed by atoms with E-state index in [9.17, 15) is 9.59 Å². The van der Waals surface area contributed by atoms with Crippen molar-refractivity contribution < 1.29 is 14.3 Å². The van der Waals surface area contributed by atoms with Gasteiger partial charge in [0.15, 0.2) is 10.3 Å². The molecule has 0 fully saturated rings. The van der Waals surface area contributed by atoms with E-state index in [0.29, 0.717) is 27.5 Å². The monoisotopic (exact) mass is 446 g/mol. The first-order valence-corrected chi connectivity index (χ1v) is 10.8. The smallest absolute Gasteiger partial charge is 0.236 e. The average Bonchev–Trinajstić information content (AvgIpc) is 3.22. The topological polar surface area (TPSA) is 111 Å². The molecular formula is C19H22N6O3S2. The number of carbonyl (C=O) groups is 2. The molecule has 2 N–H and O–H groups in total. The van der Waals surface area contributed by atoms with Crippen molar-refractivity contribution in [2.45, 2.75) is 25.4 Å². The van der Waals surface area contributed by atoms with Crippen molar-refractivity contribution in [3.8, 4) is 5.75 Å². The summed E-state index contributed by atoms with van der Waals surface area (Å²) >= 11 is 2.69. The van der Waals surface area contributed by atoms with Crippen molar-refractivity contribution in [1.82, 2.24) is 19.7 Å². The van der Waals surface area contributed by atoms with Gasteiger partial charge in [0.25, 0.3) is 0 Å². The van der Waals surface area contributed by atoms with Crippen molar-refractivity contribution in [2.75, 3.05) is 23.5 Å². The Bertz CT molecular complexity index is 1030. The largest absolute Gasteiger partial charge is 0.497 e. The fourth-order valence-electron chi connectivity index (χ4n) is 2.46. The highest BCUT2D eigenvalue weighted by molar-refractivity contribution is 7.99. The maximum absolute atomic E-state index is 12.3. The van der Waals surface area contributed by atoms with Crippen LogP contribution >= 0.6 is 23.1 Å². The number of thiazole rings is 1. The fraction of sp³-hybridized carbons (Fsp3) is 0.316. The Morgan fingerprint density at radius 1 is 1.13 bits per heavy atom. The second-order valence-electron chi connectivity index (χ2n) is 6.41. The molecule has 0 bridgehead atoms. The summed E-state index contributed by atoms with van der Waals surface area (Å²) in [7, 11) is 3.35. The van der Waals surface area contributed by atoms with E-state index >= 15 is 0 Å². The number of hydrogen-bond donors (Lipinski definition) is 2. The number of anilines is 2. The van der Waals surface area contributed by atoms with E-state index < -0.39 is 0 Å². The first kappa shape index (κ1) is 21.8.